The third-order valence-corrected chi connectivity index (χ3v) is 2.76. The summed E-state index contributed by atoms with van der Waals surface area (Å²) in [5, 5.41) is 2.81. The first kappa shape index (κ1) is 12.1. The lowest BCUT2D eigenvalue weighted by Crippen LogP contribution is -2.24. The largest absolute Gasteiger partial charge is 0.352 e. The summed E-state index contributed by atoms with van der Waals surface area (Å²) in [6.45, 7) is 0.977. The normalized spacial score (nSPS) is 10.0. The maximum Gasteiger partial charge on any atom is 0.221 e. The van der Waals surface area contributed by atoms with Gasteiger partial charge in [0.15, 0.2) is 0 Å². The van der Waals surface area contributed by atoms with Crippen LogP contribution in [0.5, 0.6) is 0 Å². The van der Waals surface area contributed by atoms with Crippen molar-refractivity contribution in [2.75, 3.05) is 12.8 Å². The van der Waals surface area contributed by atoms with E-state index >= 15 is 0 Å². The van der Waals surface area contributed by atoms with Crippen molar-refractivity contribution in [3.8, 4) is 0 Å². The van der Waals surface area contributed by atoms with Crippen molar-refractivity contribution < 1.29 is 4.79 Å². The number of carbonyl (C=O) groups excluding carboxylic acids is 1. The van der Waals surface area contributed by atoms with Crippen LogP contribution in [0.2, 0.25) is 0 Å². The Kier molecular flexibility index (Phi) is 5.21. The first-order valence-corrected chi connectivity index (χ1v) is 6.08. The highest BCUT2D eigenvalue weighted by atomic mass is 32.2. The minimum Gasteiger partial charge on any atom is -0.352 e. The first-order valence-electron chi connectivity index (χ1n) is 4.86. The Hall–Kier alpha value is -1.00. The van der Waals surface area contributed by atoms with Gasteiger partial charge < -0.3 is 11.1 Å². The lowest BCUT2D eigenvalue weighted by Gasteiger charge is -2.04. The predicted octanol–water partition coefficient (Wildman–Crippen LogP) is 1.37. The van der Waals surface area contributed by atoms with Gasteiger partial charge in [0.05, 0.1) is 0 Å². The van der Waals surface area contributed by atoms with Gasteiger partial charge in [0.1, 0.15) is 0 Å². The lowest BCUT2D eigenvalue weighted by molar-refractivity contribution is -0.121. The Labute approximate surface area is 94.4 Å². The molecule has 0 fully saturated rings. The highest BCUT2D eigenvalue weighted by Gasteiger charge is 1.99. The van der Waals surface area contributed by atoms with Gasteiger partial charge in [-0.25, -0.2) is 0 Å². The first-order chi connectivity index (χ1) is 7.26. The summed E-state index contributed by atoms with van der Waals surface area (Å²) in [5.41, 5.74) is 6.38. The predicted molar refractivity (Wildman–Crippen MR) is 63.7 cm³/mol. The zero-order valence-electron chi connectivity index (χ0n) is 8.82. The van der Waals surface area contributed by atoms with E-state index in [1.807, 2.05) is 18.4 Å². The molecule has 82 valence electrons. The molecule has 4 heteroatoms. The number of rotatable bonds is 5. The molecule has 0 aliphatic heterocycles. The highest BCUT2D eigenvalue weighted by Crippen LogP contribution is 2.14. The topological polar surface area (TPSA) is 55.1 Å². The van der Waals surface area contributed by atoms with Crippen LogP contribution in [0, 0.1) is 0 Å². The number of carbonyl (C=O) groups is 1. The summed E-state index contributed by atoms with van der Waals surface area (Å²) >= 11 is 1.71. The number of hydrogen-bond acceptors (Lipinski definition) is 3. The van der Waals surface area contributed by atoms with Crippen LogP contribution in [0.25, 0.3) is 0 Å². The molecular weight excluding hydrogens is 208 g/mol. The quantitative estimate of drug-likeness (QED) is 0.743. The standard InChI is InChI=1S/C11H16N2OS/c1-15-10-4-2-9(3-5-10)8-13-11(14)6-7-12/h2-5H,6-8,12H2,1H3,(H,13,14). The van der Waals surface area contributed by atoms with Gasteiger partial charge in [-0.2, -0.15) is 0 Å². The average Bonchev–Trinajstić information content (AvgIpc) is 2.27. The van der Waals surface area contributed by atoms with Crippen LogP contribution >= 0.6 is 11.8 Å². The van der Waals surface area contributed by atoms with Gasteiger partial charge in [0.25, 0.3) is 0 Å². The molecule has 0 saturated carbocycles. The molecule has 0 aliphatic rings. The molecule has 0 spiro atoms. The van der Waals surface area contributed by atoms with E-state index in [-0.39, 0.29) is 5.91 Å². The Morgan fingerprint density at radius 1 is 1.40 bits per heavy atom. The molecule has 1 rings (SSSR count). The second-order valence-corrected chi connectivity index (χ2v) is 4.04. The highest BCUT2D eigenvalue weighted by molar-refractivity contribution is 7.98. The van der Waals surface area contributed by atoms with Gasteiger partial charge in [-0.3, -0.25) is 4.79 Å². The van der Waals surface area contributed by atoms with E-state index < -0.39 is 0 Å². The molecule has 0 unspecified atom stereocenters. The Bertz CT molecular complexity index is 311. The summed E-state index contributed by atoms with van der Waals surface area (Å²) in [7, 11) is 0. The molecule has 1 aromatic rings. The zero-order valence-corrected chi connectivity index (χ0v) is 9.64. The third-order valence-electron chi connectivity index (χ3n) is 2.02. The van der Waals surface area contributed by atoms with Crippen molar-refractivity contribution in [1.82, 2.24) is 5.32 Å². The lowest BCUT2D eigenvalue weighted by atomic mass is 10.2. The van der Waals surface area contributed by atoms with Crippen LogP contribution in [0.15, 0.2) is 29.2 Å². The van der Waals surface area contributed by atoms with Crippen molar-refractivity contribution in [1.29, 1.82) is 0 Å². The smallest absolute Gasteiger partial charge is 0.221 e. The van der Waals surface area contributed by atoms with Crippen LogP contribution in [0.3, 0.4) is 0 Å². The van der Waals surface area contributed by atoms with Crippen molar-refractivity contribution in [3.63, 3.8) is 0 Å². The number of benzene rings is 1. The minimum absolute atomic E-state index is 0.00597. The van der Waals surface area contributed by atoms with Crippen LogP contribution in [-0.2, 0) is 11.3 Å². The fraction of sp³-hybridized carbons (Fsp3) is 0.364. The van der Waals surface area contributed by atoms with Crippen LogP contribution in [0.1, 0.15) is 12.0 Å². The molecule has 0 radical (unpaired) electrons. The molecule has 3 N–H and O–H groups in total. The second-order valence-electron chi connectivity index (χ2n) is 3.16. The van der Waals surface area contributed by atoms with Crippen molar-refractivity contribution in [3.05, 3.63) is 29.8 Å². The van der Waals surface area contributed by atoms with Gasteiger partial charge in [-0.1, -0.05) is 12.1 Å². The van der Waals surface area contributed by atoms with Gasteiger partial charge in [-0.15, -0.1) is 11.8 Å². The SMILES string of the molecule is CSc1ccc(CNC(=O)CCN)cc1. The fourth-order valence-electron chi connectivity index (χ4n) is 1.16. The maximum absolute atomic E-state index is 11.1. The zero-order chi connectivity index (χ0) is 11.1. The van der Waals surface area contributed by atoms with E-state index in [2.05, 4.69) is 17.4 Å². The summed E-state index contributed by atoms with van der Waals surface area (Å²) in [5.74, 6) is 0.00597. The number of nitrogens with two attached hydrogens (primary N) is 1. The molecular formula is C11H16N2OS. The monoisotopic (exact) mass is 224 g/mol. The fourth-order valence-corrected chi connectivity index (χ4v) is 1.57. The average molecular weight is 224 g/mol. The van der Waals surface area contributed by atoms with Crippen molar-refractivity contribution >= 4 is 17.7 Å². The maximum atomic E-state index is 11.1. The third kappa shape index (κ3) is 4.36. The number of nitrogens with one attached hydrogen (secondary N) is 1. The minimum atomic E-state index is 0.00597. The number of thioether (sulfide) groups is 1. The molecule has 1 amide bonds. The molecule has 0 aliphatic carbocycles. The van der Waals surface area contributed by atoms with E-state index in [0.717, 1.165) is 5.56 Å². The van der Waals surface area contributed by atoms with E-state index in [9.17, 15) is 4.79 Å². The van der Waals surface area contributed by atoms with Gasteiger partial charge in [0.2, 0.25) is 5.91 Å². The molecule has 3 nitrogen and oxygen atoms in total. The van der Waals surface area contributed by atoms with Crippen LogP contribution < -0.4 is 11.1 Å². The molecule has 0 bridgehead atoms. The van der Waals surface area contributed by atoms with E-state index in [0.29, 0.717) is 19.5 Å². The molecule has 0 aromatic heterocycles. The Balaban J connectivity index is 2.40. The summed E-state index contributed by atoms with van der Waals surface area (Å²) in [4.78, 5) is 12.4. The molecule has 0 saturated heterocycles. The Morgan fingerprint density at radius 3 is 2.60 bits per heavy atom. The number of hydrogen-bond donors (Lipinski definition) is 2. The van der Waals surface area contributed by atoms with Crippen molar-refractivity contribution in [2.24, 2.45) is 5.73 Å². The summed E-state index contributed by atoms with van der Waals surface area (Å²) < 4.78 is 0. The van der Waals surface area contributed by atoms with Crippen molar-refractivity contribution in [2.45, 2.75) is 17.9 Å². The van der Waals surface area contributed by atoms with Gasteiger partial charge >= 0.3 is 0 Å². The number of amides is 1. The van der Waals surface area contributed by atoms with Gasteiger partial charge in [-0.05, 0) is 24.0 Å². The molecule has 15 heavy (non-hydrogen) atoms. The van der Waals surface area contributed by atoms with Crippen LogP contribution in [0.4, 0.5) is 0 Å². The van der Waals surface area contributed by atoms with E-state index in [1.165, 1.54) is 4.90 Å². The van der Waals surface area contributed by atoms with E-state index in [1.54, 1.807) is 11.8 Å². The summed E-state index contributed by atoms with van der Waals surface area (Å²) in [6.07, 6.45) is 2.43. The molecule has 0 atom stereocenters. The molecule has 0 heterocycles. The second kappa shape index (κ2) is 6.48. The molecule has 1 aromatic carbocycles. The summed E-state index contributed by atoms with van der Waals surface area (Å²) in [6, 6.07) is 8.15. The van der Waals surface area contributed by atoms with Gasteiger partial charge in [0, 0.05) is 24.4 Å². The Morgan fingerprint density at radius 2 is 2.07 bits per heavy atom. The van der Waals surface area contributed by atoms with Crippen LogP contribution in [-0.4, -0.2) is 18.7 Å². The van der Waals surface area contributed by atoms with E-state index in [4.69, 9.17) is 5.73 Å².